The van der Waals surface area contributed by atoms with Crippen LogP contribution in [0.5, 0.6) is 0 Å². The van der Waals surface area contributed by atoms with Crippen LogP contribution in [-0.4, -0.2) is 27.7 Å². The quantitative estimate of drug-likeness (QED) is 0.699. The van der Waals surface area contributed by atoms with Crippen LogP contribution in [0, 0.1) is 6.92 Å². The smallest absolute Gasteiger partial charge is 0.163 e. The molecule has 1 heterocycles. The number of aromatic nitrogens is 1. The first-order valence-electron chi connectivity index (χ1n) is 4.66. The van der Waals surface area contributed by atoms with Gasteiger partial charge in [-0.15, -0.1) is 0 Å². The number of pyridine rings is 1. The zero-order valence-corrected chi connectivity index (χ0v) is 8.51. The average Bonchev–Trinajstić information content (AvgIpc) is 2.12. The predicted octanol–water partition coefficient (Wildman–Crippen LogP) is 0.705. The maximum Gasteiger partial charge on any atom is 0.163 e. The van der Waals surface area contributed by atoms with Crippen molar-refractivity contribution in [3.8, 4) is 0 Å². The first kappa shape index (κ1) is 10.8. The van der Waals surface area contributed by atoms with Crippen LogP contribution in [0.1, 0.15) is 18.9 Å². The molecule has 0 aliphatic carbocycles. The van der Waals surface area contributed by atoms with Crippen molar-refractivity contribution in [3.05, 3.63) is 29.4 Å². The zero-order chi connectivity index (χ0) is 10.6. The molecule has 1 unspecified atom stereocenters. The van der Waals surface area contributed by atoms with Gasteiger partial charge < -0.3 is 10.3 Å². The van der Waals surface area contributed by atoms with Crippen LogP contribution in [0.2, 0.25) is 0 Å². The molecule has 1 rings (SSSR count). The van der Waals surface area contributed by atoms with E-state index >= 15 is 0 Å². The number of hydrogen-bond donors (Lipinski definition) is 2. The number of aliphatic hydroxyl groups is 1. The molecule has 0 bridgehead atoms. The molecule has 0 aliphatic rings. The lowest BCUT2D eigenvalue weighted by Gasteiger charge is -2.04. The molecule has 0 spiro atoms. The summed E-state index contributed by atoms with van der Waals surface area (Å²) in [5.41, 5.74) is 1.57. The van der Waals surface area contributed by atoms with Gasteiger partial charge in [0.25, 0.3) is 0 Å². The molecule has 0 saturated carbocycles. The summed E-state index contributed by atoms with van der Waals surface area (Å²) in [6.45, 7) is 3.95. The number of hydrogen-bond acceptors (Lipinski definition) is 3. The molecular formula is C10H16N2O2. The van der Waals surface area contributed by atoms with Crippen molar-refractivity contribution in [3.63, 3.8) is 0 Å². The third-order valence-electron chi connectivity index (χ3n) is 1.97. The van der Waals surface area contributed by atoms with E-state index in [1.807, 2.05) is 13.8 Å². The largest absolute Gasteiger partial charge is 0.427 e. The Hall–Kier alpha value is -1.29. The van der Waals surface area contributed by atoms with E-state index in [4.69, 9.17) is 5.11 Å². The Morgan fingerprint density at radius 3 is 2.93 bits per heavy atom. The highest BCUT2D eigenvalue weighted by atomic mass is 16.5. The van der Waals surface area contributed by atoms with E-state index in [0.717, 1.165) is 10.3 Å². The minimum absolute atomic E-state index is 0.0141. The summed E-state index contributed by atoms with van der Waals surface area (Å²) in [5.74, 6) is 0. The van der Waals surface area contributed by atoms with E-state index in [9.17, 15) is 5.21 Å². The molecule has 2 N–H and O–H groups in total. The Morgan fingerprint density at radius 1 is 1.57 bits per heavy atom. The normalized spacial score (nSPS) is 14.4. The molecule has 0 amide bonds. The Bertz CT molecular complexity index is 357. The Morgan fingerprint density at radius 2 is 2.29 bits per heavy atom. The molecule has 0 fully saturated rings. The van der Waals surface area contributed by atoms with Crippen LogP contribution in [-0.2, 0) is 0 Å². The van der Waals surface area contributed by atoms with E-state index < -0.39 is 0 Å². The molecule has 4 nitrogen and oxygen atoms in total. The molecular weight excluding hydrogens is 180 g/mol. The van der Waals surface area contributed by atoms with Gasteiger partial charge in [0.15, 0.2) is 5.49 Å². The molecule has 0 aliphatic heterocycles. The topological polar surface area (TPSA) is 57.8 Å². The van der Waals surface area contributed by atoms with Crippen LogP contribution < -0.4 is 5.49 Å². The molecule has 4 heteroatoms. The summed E-state index contributed by atoms with van der Waals surface area (Å²) in [6, 6.07) is 3.61. The highest BCUT2D eigenvalue weighted by Gasteiger charge is 1.98. The zero-order valence-electron chi connectivity index (χ0n) is 8.51. The maximum atomic E-state index is 9.41. The average molecular weight is 196 g/mol. The lowest BCUT2D eigenvalue weighted by molar-refractivity contribution is 0.170. The fourth-order valence-electron chi connectivity index (χ4n) is 1.16. The first-order chi connectivity index (χ1) is 6.63. The molecule has 14 heavy (non-hydrogen) atoms. The standard InChI is InChI=1S/C10H16N2O2/c1-8-3-5-12(14)10(7-8)11-9(2)4-6-13/h3,5,7,9,13-14H,4,6H2,1-2H3. The molecule has 0 radical (unpaired) electrons. The second-order valence-electron chi connectivity index (χ2n) is 3.40. The molecule has 78 valence electrons. The van der Waals surface area contributed by atoms with E-state index in [1.54, 1.807) is 18.3 Å². The summed E-state index contributed by atoms with van der Waals surface area (Å²) < 4.78 is 0.987. The van der Waals surface area contributed by atoms with E-state index in [1.165, 1.54) is 0 Å². The van der Waals surface area contributed by atoms with E-state index in [-0.39, 0.29) is 12.6 Å². The van der Waals surface area contributed by atoms with Crippen molar-refractivity contribution in [2.75, 3.05) is 6.61 Å². The summed E-state index contributed by atoms with van der Waals surface area (Å²) in [6.07, 6.45) is 2.16. The van der Waals surface area contributed by atoms with Crippen molar-refractivity contribution in [2.45, 2.75) is 26.3 Å². The Labute approximate surface area is 83.1 Å². The highest BCUT2D eigenvalue weighted by molar-refractivity contribution is 5.06. The molecule has 1 aromatic heterocycles. The van der Waals surface area contributed by atoms with Crippen molar-refractivity contribution in [2.24, 2.45) is 4.99 Å². The number of aryl methyl sites for hydroxylation is 1. The lowest BCUT2D eigenvalue weighted by Crippen LogP contribution is -2.21. The summed E-state index contributed by atoms with van der Waals surface area (Å²) >= 11 is 0. The number of rotatable bonds is 3. The second kappa shape index (κ2) is 4.81. The highest BCUT2D eigenvalue weighted by Crippen LogP contribution is 1.94. The fraction of sp³-hybridized carbons (Fsp3) is 0.500. The molecule has 0 saturated heterocycles. The SMILES string of the molecule is Cc1ccn(O)c(=NC(C)CCO)c1. The number of nitrogens with zero attached hydrogens (tertiary/aromatic N) is 2. The van der Waals surface area contributed by atoms with Crippen LogP contribution in [0.15, 0.2) is 23.3 Å². The molecule has 0 aromatic carbocycles. The minimum Gasteiger partial charge on any atom is -0.427 e. The van der Waals surface area contributed by atoms with Gasteiger partial charge in [0, 0.05) is 12.8 Å². The fourth-order valence-corrected chi connectivity index (χ4v) is 1.16. The summed E-state index contributed by atoms with van der Waals surface area (Å²) in [5, 5.41) is 18.1. The third-order valence-corrected chi connectivity index (χ3v) is 1.97. The number of aliphatic hydroxyl groups excluding tert-OH is 1. The van der Waals surface area contributed by atoms with Crippen molar-refractivity contribution in [1.82, 2.24) is 4.73 Å². The van der Waals surface area contributed by atoms with Crippen molar-refractivity contribution < 1.29 is 10.3 Å². The third kappa shape index (κ3) is 2.88. The van der Waals surface area contributed by atoms with Crippen LogP contribution in [0.4, 0.5) is 0 Å². The summed E-state index contributed by atoms with van der Waals surface area (Å²) in [7, 11) is 0. The molecule has 1 atom stereocenters. The lowest BCUT2D eigenvalue weighted by atomic mass is 10.2. The van der Waals surface area contributed by atoms with Crippen LogP contribution in [0.25, 0.3) is 0 Å². The van der Waals surface area contributed by atoms with Crippen LogP contribution >= 0.6 is 0 Å². The minimum atomic E-state index is 0.0141. The Balaban J connectivity index is 2.98. The van der Waals surface area contributed by atoms with Gasteiger partial charge in [-0.25, -0.2) is 0 Å². The van der Waals surface area contributed by atoms with Crippen molar-refractivity contribution >= 4 is 0 Å². The predicted molar refractivity (Wildman–Crippen MR) is 53.1 cm³/mol. The van der Waals surface area contributed by atoms with Gasteiger partial charge in [-0.2, -0.15) is 4.73 Å². The van der Waals surface area contributed by atoms with Gasteiger partial charge in [-0.1, -0.05) is 0 Å². The van der Waals surface area contributed by atoms with Gasteiger partial charge in [0.2, 0.25) is 0 Å². The van der Waals surface area contributed by atoms with Gasteiger partial charge in [0.05, 0.1) is 6.04 Å². The van der Waals surface area contributed by atoms with Gasteiger partial charge in [-0.3, -0.25) is 4.99 Å². The second-order valence-corrected chi connectivity index (χ2v) is 3.40. The summed E-state index contributed by atoms with van der Waals surface area (Å²) in [4.78, 5) is 4.26. The van der Waals surface area contributed by atoms with Crippen molar-refractivity contribution in [1.29, 1.82) is 0 Å². The van der Waals surface area contributed by atoms with Crippen LogP contribution in [0.3, 0.4) is 0 Å². The first-order valence-corrected chi connectivity index (χ1v) is 4.66. The maximum absolute atomic E-state index is 9.41. The van der Waals surface area contributed by atoms with E-state index in [2.05, 4.69) is 4.99 Å². The molecule has 1 aromatic rings. The van der Waals surface area contributed by atoms with Gasteiger partial charge in [0.1, 0.15) is 0 Å². The Kier molecular flexibility index (Phi) is 3.71. The van der Waals surface area contributed by atoms with Gasteiger partial charge in [-0.05, 0) is 38.0 Å². The van der Waals surface area contributed by atoms with Gasteiger partial charge >= 0.3 is 0 Å². The monoisotopic (exact) mass is 196 g/mol. The van der Waals surface area contributed by atoms with E-state index in [0.29, 0.717) is 11.9 Å².